The largest absolute Gasteiger partial charge is 0.331 e. The van der Waals surface area contributed by atoms with E-state index in [2.05, 4.69) is 46.7 Å². The van der Waals surface area contributed by atoms with Gasteiger partial charge in [-0.3, -0.25) is 9.89 Å². The van der Waals surface area contributed by atoms with Crippen molar-refractivity contribution in [1.29, 1.82) is 0 Å². The lowest BCUT2D eigenvalue weighted by Crippen LogP contribution is -2.34. The highest BCUT2D eigenvalue weighted by Crippen LogP contribution is 2.44. The normalized spacial score (nSPS) is 27.1. The van der Waals surface area contributed by atoms with Gasteiger partial charge in [-0.1, -0.05) is 24.3 Å². The molecule has 0 spiro atoms. The number of benzene rings is 1. The van der Waals surface area contributed by atoms with E-state index < -0.39 is 0 Å². The number of amides is 1. The summed E-state index contributed by atoms with van der Waals surface area (Å²) in [5, 5.41) is 10.1. The number of nitrogens with one attached hydrogen (secondary N) is 2. The van der Waals surface area contributed by atoms with Crippen LogP contribution in [-0.4, -0.2) is 40.6 Å². The lowest BCUT2D eigenvalue weighted by atomic mass is 9.87. The van der Waals surface area contributed by atoms with E-state index in [4.69, 9.17) is 0 Å². The average molecular weight is 296 g/mol. The van der Waals surface area contributed by atoms with Crippen LogP contribution in [0.5, 0.6) is 0 Å². The maximum absolute atomic E-state index is 12.9. The van der Waals surface area contributed by atoms with Crippen molar-refractivity contribution in [2.75, 3.05) is 19.6 Å². The van der Waals surface area contributed by atoms with Gasteiger partial charge in [0.25, 0.3) is 5.91 Å². The Labute approximate surface area is 129 Å². The summed E-state index contributed by atoms with van der Waals surface area (Å²) in [5.74, 6) is 1.12. The zero-order valence-corrected chi connectivity index (χ0v) is 12.6. The number of likely N-dealkylation sites (tertiary alicyclic amines) is 1. The molecular formula is C17H20N4O. The highest BCUT2D eigenvalue weighted by molar-refractivity contribution is 5.94. The third kappa shape index (κ3) is 2.04. The SMILES string of the molecule is Cc1ccccc1[C@@H]1[C@H]2CNC[C@H]2CN1C(=O)c1cn[nH]c1. The molecule has 3 atom stereocenters. The Morgan fingerprint density at radius 1 is 1.32 bits per heavy atom. The van der Waals surface area contributed by atoms with Gasteiger partial charge in [0.1, 0.15) is 0 Å². The van der Waals surface area contributed by atoms with Crippen molar-refractivity contribution in [2.24, 2.45) is 11.8 Å². The standard InChI is InChI=1S/C17H20N4O/c1-11-4-2-3-5-14(11)16-15-9-18-6-13(15)10-21(16)17(22)12-7-19-20-8-12/h2-5,7-8,13,15-16,18H,6,9-10H2,1H3,(H,19,20)/t13-,15-,16+/m0/s1. The summed E-state index contributed by atoms with van der Waals surface area (Å²) in [6.45, 7) is 4.94. The van der Waals surface area contributed by atoms with Gasteiger partial charge >= 0.3 is 0 Å². The molecule has 114 valence electrons. The first-order valence-electron chi connectivity index (χ1n) is 7.81. The van der Waals surface area contributed by atoms with Crippen molar-refractivity contribution in [3.8, 4) is 0 Å². The van der Waals surface area contributed by atoms with Crippen molar-refractivity contribution in [2.45, 2.75) is 13.0 Å². The van der Waals surface area contributed by atoms with E-state index in [1.807, 2.05) is 4.90 Å². The van der Waals surface area contributed by atoms with Gasteiger partial charge in [0.15, 0.2) is 0 Å². The second-order valence-corrected chi connectivity index (χ2v) is 6.33. The molecule has 1 aromatic heterocycles. The van der Waals surface area contributed by atoms with Gasteiger partial charge in [-0.2, -0.15) is 5.10 Å². The Hall–Kier alpha value is -2.14. The molecule has 5 heteroatoms. The lowest BCUT2D eigenvalue weighted by molar-refractivity contribution is 0.0714. The highest BCUT2D eigenvalue weighted by atomic mass is 16.2. The molecule has 0 aliphatic carbocycles. The Bertz CT molecular complexity index is 682. The molecule has 0 unspecified atom stereocenters. The first-order valence-corrected chi connectivity index (χ1v) is 7.81. The van der Waals surface area contributed by atoms with Crippen LogP contribution in [0.25, 0.3) is 0 Å². The van der Waals surface area contributed by atoms with Gasteiger partial charge in [0.05, 0.1) is 17.8 Å². The van der Waals surface area contributed by atoms with Gasteiger partial charge in [-0.25, -0.2) is 0 Å². The van der Waals surface area contributed by atoms with E-state index >= 15 is 0 Å². The Morgan fingerprint density at radius 3 is 2.95 bits per heavy atom. The number of hydrogen-bond donors (Lipinski definition) is 2. The smallest absolute Gasteiger partial charge is 0.257 e. The third-order valence-corrected chi connectivity index (χ3v) is 5.08. The second kappa shape index (κ2) is 5.25. The Morgan fingerprint density at radius 2 is 2.18 bits per heavy atom. The summed E-state index contributed by atoms with van der Waals surface area (Å²) in [6, 6.07) is 8.57. The molecule has 1 amide bonds. The fourth-order valence-corrected chi connectivity index (χ4v) is 3.98. The van der Waals surface area contributed by atoms with Crippen LogP contribution in [0.4, 0.5) is 0 Å². The fourth-order valence-electron chi connectivity index (χ4n) is 3.98. The van der Waals surface area contributed by atoms with Crippen LogP contribution in [0, 0.1) is 18.8 Å². The van der Waals surface area contributed by atoms with Crippen molar-refractivity contribution in [3.63, 3.8) is 0 Å². The average Bonchev–Trinajstić information content (AvgIpc) is 3.24. The number of aromatic amines is 1. The number of nitrogens with zero attached hydrogens (tertiary/aromatic N) is 2. The maximum Gasteiger partial charge on any atom is 0.257 e. The maximum atomic E-state index is 12.9. The monoisotopic (exact) mass is 296 g/mol. The minimum atomic E-state index is 0.0800. The van der Waals surface area contributed by atoms with Gasteiger partial charge in [0.2, 0.25) is 0 Å². The topological polar surface area (TPSA) is 61.0 Å². The van der Waals surface area contributed by atoms with E-state index in [-0.39, 0.29) is 11.9 Å². The van der Waals surface area contributed by atoms with E-state index in [0.29, 0.717) is 17.4 Å². The summed E-state index contributed by atoms with van der Waals surface area (Å²) in [6.07, 6.45) is 3.30. The molecule has 2 saturated heterocycles. The first kappa shape index (κ1) is 13.5. The van der Waals surface area contributed by atoms with Gasteiger partial charge < -0.3 is 10.2 Å². The lowest BCUT2D eigenvalue weighted by Gasteiger charge is -2.29. The Balaban J connectivity index is 1.74. The summed E-state index contributed by atoms with van der Waals surface area (Å²) >= 11 is 0. The number of aryl methyl sites for hydroxylation is 1. The molecule has 2 aliphatic rings. The Kier molecular flexibility index (Phi) is 3.22. The summed E-state index contributed by atoms with van der Waals surface area (Å²) in [7, 11) is 0. The quantitative estimate of drug-likeness (QED) is 0.887. The molecule has 2 aliphatic heterocycles. The molecular weight excluding hydrogens is 276 g/mol. The minimum Gasteiger partial charge on any atom is -0.331 e. The van der Waals surface area contributed by atoms with Gasteiger partial charge in [0, 0.05) is 31.7 Å². The van der Waals surface area contributed by atoms with Crippen molar-refractivity contribution < 1.29 is 4.79 Å². The predicted molar refractivity (Wildman–Crippen MR) is 83.4 cm³/mol. The van der Waals surface area contributed by atoms with E-state index in [1.54, 1.807) is 12.4 Å². The number of carbonyl (C=O) groups excluding carboxylic acids is 1. The second-order valence-electron chi connectivity index (χ2n) is 6.33. The number of carbonyl (C=O) groups is 1. The number of rotatable bonds is 2. The zero-order valence-electron chi connectivity index (χ0n) is 12.6. The van der Waals surface area contributed by atoms with Crippen LogP contribution < -0.4 is 5.32 Å². The third-order valence-electron chi connectivity index (χ3n) is 5.08. The van der Waals surface area contributed by atoms with Crippen molar-refractivity contribution >= 4 is 5.91 Å². The highest BCUT2D eigenvalue weighted by Gasteiger charge is 2.47. The summed E-state index contributed by atoms with van der Waals surface area (Å²) in [5.41, 5.74) is 3.17. The number of hydrogen-bond acceptors (Lipinski definition) is 3. The molecule has 0 bridgehead atoms. The molecule has 1 aromatic carbocycles. The van der Waals surface area contributed by atoms with Crippen LogP contribution in [0.1, 0.15) is 27.5 Å². The van der Waals surface area contributed by atoms with Crippen LogP contribution in [0.3, 0.4) is 0 Å². The molecule has 2 N–H and O–H groups in total. The molecule has 2 fully saturated rings. The molecule has 3 heterocycles. The molecule has 0 saturated carbocycles. The van der Waals surface area contributed by atoms with Crippen LogP contribution in [-0.2, 0) is 0 Å². The van der Waals surface area contributed by atoms with Crippen LogP contribution in [0.15, 0.2) is 36.7 Å². The van der Waals surface area contributed by atoms with Gasteiger partial charge in [-0.05, 0) is 24.0 Å². The summed E-state index contributed by atoms with van der Waals surface area (Å²) in [4.78, 5) is 14.9. The molecule has 2 aromatic rings. The number of aromatic nitrogens is 2. The van der Waals surface area contributed by atoms with E-state index in [9.17, 15) is 4.79 Å². The molecule has 0 radical (unpaired) electrons. The number of H-pyrrole nitrogens is 1. The van der Waals surface area contributed by atoms with Crippen LogP contribution >= 0.6 is 0 Å². The molecule has 22 heavy (non-hydrogen) atoms. The minimum absolute atomic E-state index is 0.0800. The van der Waals surface area contributed by atoms with Crippen molar-refractivity contribution in [1.82, 2.24) is 20.4 Å². The van der Waals surface area contributed by atoms with E-state index in [1.165, 1.54) is 11.1 Å². The molecule has 5 nitrogen and oxygen atoms in total. The molecule has 4 rings (SSSR count). The van der Waals surface area contributed by atoms with Gasteiger partial charge in [-0.15, -0.1) is 0 Å². The zero-order chi connectivity index (χ0) is 15.1. The first-order chi connectivity index (χ1) is 10.8. The predicted octanol–water partition coefficient (Wildman–Crippen LogP) is 1.75. The fraction of sp³-hybridized carbons (Fsp3) is 0.412. The van der Waals surface area contributed by atoms with Crippen molar-refractivity contribution in [3.05, 3.63) is 53.3 Å². The van der Waals surface area contributed by atoms with Crippen LogP contribution in [0.2, 0.25) is 0 Å². The summed E-state index contributed by atoms with van der Waals surface area (Å²) < 4.78 is 0. The number of fused-ring (bicyclic) bond motifs is 1. The van der Waals surface area contributed by atoms with E-state index in [0.717, 1.165) is 19.6 Å².